The Morgan fingerprint density at radius 2 is 1.91 bits per heavy atom. The Morgan fingerprint density at radius 1 is 1.09 bits per heavy atom. The predicted molar refractivity (Wildman–Crippen MR) is 86.9 cm³/mol. The molecule has 0 saturated carbocycles. The van der Waals surface area contributed by atoms with Gasteiger partial charge in [0.15, 0.2) is 17.3 Å². The van der Waals surface area contributed by atoms with Crippen molar-refractivity contribution in [2.24, 2.45) is 0 Å². The molecule has 0 bridgehead atoms. The molecular weight excluding hydrogens is 315 g/mol. The molecule has 4 rings (SSSR count). The van der Waals surface area contributed by atoms with Crippen molar-refractivity contribution in [3.8, 4) is 11.5 Å². The summed E-state index contributed by atoms with van der Waals surface area (Å²) in [6.45, 7) is 1.07. The maximum Gasteiger partial charge on any atom is 0.191 e. The van der Waals surface area contributed by atoms with Crippen LogP contribution in [0.3, 0.4) is 0 Å². The first-order chi connectivity index (χ1) is 11.2. The van der Waals surface area contributed by atoms with Gasteiger partial charge < -0.3 is 9.47 Å². The van der Waals surface area contributed by atoms with Crippen LogP contribution < -0.4 is 9.47 Å². The lowest BCUT2D eigenvalue weighted by molar-refractivity contribution is 0.103. The number of hydrogen-bond donors (Lipinski definition) is 0. The van der Waals surface area contributed by atoms with E-state index in [1.54, 1.807) is 12.1 Å². The third-order valence-electron chi connectivity index (χ3n) is 3.78. The Hall–Kier alpha value is -2.27. The number of Topliss-reactive ketones (excluding diaryl/α,β-unsaturated/α-hetero) is 1. The molecule has 0 spiro atoms. The van der Waals surface area contributed by atoms with Crippen molar-refractivity contribution in [3.05, 3.63) is 58.9 Å². The number of halogens is 1. The standard InChI is InChI=1S/C18H13FO3S/c19-14-3-1-2-13-17(20)12(10-23-18(13)14)8-11-4-5-15-16(9-11)22-7-6-21-15/h1-5,8-9H,6-7,10H2/b12-8+. The van der Waals surface area contributed by atoms with Crippen molar-refractivity contribution < 1.29 is 18.7 Å². The van der Waals surface area contributed by atoms with Crippen LogP contribution in [-0.2, 0) is 0 Å². The zero-order valence-electron chi connectivity index (χ0n) is 12.2. The van der Waals surface area contributed by atoms with Gasteiger partial charge in [-0.15, -0.1) is 11.8 Å². The molecule has 2 aromatic rings. The molecule has 0 aromatic heterocycles. The Kier molecular flexibility index (Phi) is 3.58. The van der Waals surface area contributed by atoms with Crippen molar-refractivity contribution >= 4 is 23.6 Å². The number of ether oxygens (including phenoxy) is 2. The van der Waals surface area contributed by atoms with Crippen LogP contribution in [0.4, 0.5) is 4.39 Å². The molecule has 2 heterocycles. The Labute approximate surface area is 137 Å². The van der Waals surface area contributed by atoms with Gasteiger partial charge in [0.2, 0.25) is 0 Å². The number of ketones is 1. The fourth-order valence-electron chi connectivity index (χ4n) is 2.68. The smallest absolute Gasteiger partial charge is 0.191 e. The van der Waals surface area contributed by atoms with E-state index >= 15 is 0 Å². The van der Waals surface area contributed by atoms with Crippen molar-refractivity contribution in [2.75, 3.05) is 19.0 Å². The maximum absolute atomic E-state index is 13.8. The van der Waals surface area contributed by atoms with Crippen LogP contribution in [0.5, 0.6) is 11.5 Å². The van der Waals surface area contributed by atoms with Crippen molar-refractivity contribution in [1.29, 1.82) is 0 Å². The quantitative estimate of drug-likeness (QED) is 0.742. The summed E-state index contributed by atoms with van der Waals surface area (Å²) in [7, 11) is 0. The zero-order chi connectivity index (χ0) is 15.8. The molecule has 2 aromatic carbocycles. The number of rotatable bonds is 1. The summed E-state index contributed by atoms with van der Waals surface area (Å²) in [4.78, 5) is 13.0. The maximum atomic E-state index is 13.8. The summed E-state index contributed by atoms with van der Waals surface area (Å²) >= 11 is 1.36. The van der Waals surface area contributed by atoms with Gasteiger partial charge in [0.05, 0.1) is 4.90 Å². The molecule has 2 aliphatic rings. The lowest BCUT2D eigenvalue weighted by Crippen LogP contribution is -2.15. The number of fused-ring (bicyclic) bond motifs is 2. The first-order valence-electron chi connectivity index (χ1n) is 7.28. The Bertz CT molecular complexity index is 829. The minimum absolute atomic E-state index is 0.117. The molecule has 0 saturated heterocycles. The third kappa shape index (κ3) is 2.61. The van der Waals surface area contributed by atoms with E-state index in [-0.39, 0.29) is 11.6 Å². The van der Waals surface area contributed by atoms with E-state index in [9.17, 15) is 9.18 Å². The first-order valence-corrected chi connectivity index (χ1v) is 8.27. The van der Waals surface area contributed by atoms with Gasteiger partial charge in [0.25, 0.3) is 0 Å². The van der Waals surface area contributed by atoms with Crippen LogP contribution in [0.15, 0.2) is 46.9 Å². The lowest BCUT2D eigenvalue weighted by Gasteiger charge is -2.19. The second-order valence-electron chi connectivity index (χ2n) is 5.31. The second kappa shape index (κ2) is 5.74. The van der Waals surface area contributed by atoms with E-state index in [1.807, 2.05) is 24.3 Å². The van der Waals surface area contributed by atoms with Gasteiger partial charge in [-0.3, -0.25) is 4.79 Å². The minimum atomic E-state index is -0.334. The van der Waals surface area contributed by atoms with Gasteiger partial charge in [0, 0.05) is 16.9 Å². The fraction of sp³-hybridized carbons (Fsp3) is 0.167. The Balaban J connectivity index is 1.69. The number of benzene rings is 2. The van der Waals surface area contributed by atoms with Gasteiger partial charge in [-0.25, -0.2) is 4.39 Å². The van der Waals surface area contributed by atoms with Crippen molar-refractivity contribution in [1.82, 2.24) is 0 Å². The predicted octanol–water partition coefficient (Wildman–Crippen LogP) is 3.97. The molecule has 0 unspecified atom stereocenters. The second-order valence-corrected chi connectivity index (χ2v) is 6.29. The highest BCUT2D eigenvalue weighted by Gasteiger charge is 2.24. The first kappa shape index (κ1) is 14.3. The van der Waals surface area contributed by atoms with Crippen LogP contribution in [0, 0.1) is 5.82 Å². The van der Waals surface area contributed by atoms with Gasteiger partial charge in [-0.05, 0) is 35.9 Å². The van der Waals surface area contributed by atoms with Crippen LogP contribution in [-0.4, -0.2) is 24.7 Å². The van der Waals surface area contributed by atoms with E-state index in [2.05, 4.69) is 0 Å². The average molecular weight is 328 g/mol. The van der Waals surface area contributed by atoms with E-state index in [4.69, 9.17) is 9.47 Å². The van der Waals surface area contributed by atoms with E-state index < -0.39 is 0 Å². The lowest BCUT2D eigenvalue weighted by atomic mass is 10.0. The van der Waals surface area contributed by atoms with Crippen LogP contribution in [0.1, 0.15) is 15.9 Å². The largest absolute Gasteiger partial charge is 0.486 e. The SMILES string of the molecule is O=C1/C(=C/c2ccc3c(c2)OCCO3)CSc2c(F)cccc21. The molecule has 0 fully saturated rings. The molecule has 0 aliphatic carbocycles. The zero-order valence-corrected chi connectivity index (χ0v) is 13.0. The van der Waals surface area contributed by atoms with Crippen LogP contribution in [0.25, 0.3) is 6.08 Å². The van der Waals surface area contributed by atoms with Gasteiger partial charge in [-0.2, -0.15) is 0 Å². The normalized spacial score (nSPS) is 18.0. The number of hydrogen-bond acceptors (Lipinski definition) is 4. The monoisotopic (exact) mass is 328 g/mol. The summed E-state index contributed by atoms with van der Waals surface area (Å²) in [5, 5.41) is 0. The van der Waals surface area contributed by atoms with Gasteiger partial charge >= 0.3 is 0 Å². The highest BCUT2D eigenvalue weighted by atomic mass is 32.2. The van der Waals surface area contributed by atoms with Crippen molar-refractivity contribution in [3.63, 3.8) is 0 Å². The summed E-state index contributed by atoms with van der Waals surface area (Å²) in [5.74, 6) is 1.41. The summed E-state index contributed by atoms with van der Waals surface area (Å²) in [6.07, 6.45) is 1.83. The molecular formula is C18H13FO3S. The minimum Gasteiger partial charge on any atom is -0.486 e. The van der Waals surface area contributed by atoms with Gasteiger partial charge in [0.1, 0.15) is 19.0 Å². The van der Waals surface area contributed by atoms with E-state index in [1.165, 1.54) is 17.8 Å². The number of carbonyl (C=O) groups is 1. The summed E-state index contributed by atoms with van der Waals surface area (Å²) in [5.41, 5.74) is 1.97. The van der Waals surface area contributed by atoms with Gasteiger partial charge in [-0.1, -0.05) is 12.1 Å². The Morgan fingerprint density at radius 3 is 2.78 bits per heavy atom. The molecule has 23 heavy (non-hydrogen) atoms. The van der Waals surface area contributed by atoms with Crippen LogP contribution >= 0.6 is 11.8 Å². The number of carbonyl (C=O) groups excluding carboxylic acids is 1. The molecule has 5 heteroatoms. The molecule has 2 aliphatic heterocycles. The van der Waals surface area contributed by atoms with Crippen molar-refractivity contribution in [2.45, 2.75) is 4.90 Å². The van der Waals surface area contributed by atoms with E-state index in [0.29, 0.717) is 40.7 Å². The highest BCUT2D eigenvalue weighted by Crippen LogP contribution is 2.36. The summed E-state index contributed by atoms with van der Waals surface area (Å²) in [6, 6.07) is 10.2. The van der Waals surface area contributed by atoms with Crippen LogP contribution in [0.2, 0.25) is 0 Å². The average Bonchev–Trinajstić information content (AvgIpc) is 2.58. The fourth-order valence-corrected chi connectivity index (χ4v) is 3.72. The molecule has 0 N–H and O–H groups in total. The van der Waals surface area contributed by atoms with E-state index in [0.717, 1.165) is 11.3 Å². The third-order valence-corrected chi connectivity index (χ3v) is 4.94. The number of thioether (sulfide) groups is 1. The summed E-state index contributed by atoms with van der Waals surface area (Å²) < 4.78 is 24.8. The molecule has 0 radical (unpaired) electrons. The molecule has 0 amide bonds. The molecule has 116 valence electrons. The highest BCUT2D eigenvalue weighted by molar-refractivity contribution is 7.99. The molecule has 0 atom stereocenters. The topological polar surface area (TPSA) is 35.5 Å². The molecule has 3 nitrogen and oxygen atoms in total.